The van der Waals surface area contributed by atoms with E-state index in [2.05, 4.69) is 48.3 Å². The number of aromatic nitrogens is 3. The standard InChI is InChI=1S/C15H22N4/c1-6-16-9-14-7-10(2)17-15(8-14)19-13(5)11(3)12(4)18-19/h7-8,16H,6,9H2,1-5H3. The van der Waals surface area contributed by atoms with Crippen molar-refractivity contribution in [3.8, 4) is 5.82 Å². The lowest BCUT2D eigenvalue weighted by molar-refractivity contribution is 0.720. The number of pyridine rings is 1. The van der Waals surface area contributed by atoms with Gasteiger partial charge in [0.05, 0.1) is 5.69 Å². The van der Waals surface area contributed by atoms with Gasteiger partial charge in [-0.25, -0.2) is 9.67 Å². The maximum absolute atomic E-state index is 4.60. The predicted octanol–water partition coefficient (Wildman–Crippen LogP) is 2.61. The molecule has 0 saturated carbocycles. The van der Waals surface area contributed by atoms with Crippen molar-refractivity contribution in [3.63, 3.8) is 0 Å². The van der Waals surface area contributed by atoms with E-state index in [1.54, 1.807) is 0 Å². The van der Waals surface area contributed by atoms with Gasteiger partial charge in [0.25, 0.3) is 0 Å². The zero-order valence-electron chi connectivity index (χ0n) is 12.4. The minimum atomic E-state index is 0.866. The average Bonchev–Trinajstić information content (AvgIpc) is 2.63. The minimum absolute atomic E-state index is 0.866. The van der Waals surface area contributed by atoms with Gasteiger partial charge in [-0.3, -0.25) is 0 Å². The van der Waals surface area contributed by atoms with Crippen molar-refractivity contribution in [2.75, 3.05) is 6.54 Å². The number of nitrogens with zero attached hydrogens (tertiary/aromatic N) is 3. The molecule has 0 spiro atoms. The summed E-state index contributed by atoms with van der Waals surface area (Å²) in [5.41, 5.74) is 5.72. The summed E-state index contributed by atoms with van der Waals surface area (Å²) in [6.45, 7) is 12.2. The molecule has 19 heavy (non-hydrogen) atoms. The third kappa shape index (κ3) is 2.84. The Morgan fingerprint density at radius 2 is 1.89 bits per heavy atom. The molecule has 102 valence electrons. The van der Waals surface area contributed by atoms with E-state index in [0.717, 1.165) is 36.0 Å². The summed E-state index contributed by atoms with van der Waals surface area (Å²) in [5.74, 6) is 0.904. The molecule has 0 amide bonds. The van der Waals surface area contributed by atoms with Gasteiger partial charge in [-0.05, 0) is 57.5 Å². The van der Waals surface area contributed by atoms with Crippen molar-refractivity contribution in [1.29, 1.82) is 0 Å². The maximum atomic E-state index is 4.60. The first-order valence-corrected chi connectivity index (χ1v) is 6.74. The highest BCUT2D eigenvalue weighted by atomic mass is 15.3. The normalized spacial score (nSPS) is 11.0. The number of rotatable bonds is 4. The predicted molar refractivity (Wildman–Crippen MR) is 77.7 cm³/mol. The Labute approximate surface area is 114 Å². The Kier molecular flexibility index (Phi) is 4.00. The van der Waals surface area contributed by atoms with Crippen LogP contribution in [-0.2, 0) is 6.54 Å². The van der Waals surface area contributed by atoms with Crippen LogP contribution in [-0.4, -0.2) is 21.3 Å². The zero-order chi connectivity index (χ0) is 14.0. The monoisotopic (exact) mass is 258 g/mol. The van der Waals surface area contributed by atoms with Crippen LogP contribution in [0.1, 0.15) is 35.1 Å². The van der Waals surface area contributed by atoms with Crippen molar-refractivity contribution in [3.05, 3.63) is 40.3 Å². The smallest absolute Gasteiger partial charge is 0.154 e. The molecule has 0 radical (unpaired) electrons. The molecule has 0 aliphatic heterocycles. The van der Waals surface area contributed by atoms with E-state index in [9.17, 15) is 0 Å². The van der Waals surface area contributed by atoms with Crippen LogP contribution in [0.2, 0.25) is 0 Å². The fraction of sp³-hybridized carbons (Fsp3) is 0.467. The fourth-order valence-electron chi connectivity index (χ4n) is 2.14. The summed E-state index contributed by atoms with van der Waals surface area (Å²) in [7, 11) is 0. The van der Waals surface area contributed by atoms with Crippen LogP contribution < -0.4 is 5.32 Å². The Hall–Kier alpha value is -1.68. The van der Waals surface area contributed by atoms with Crippen LogP contribution in [0.3, 0.4) is 0 Å². The van der Waals surface area contributed by atoms with Crippen molar-refractivity contribution in [2.45, 2.75) is 41.2 Å². The topological polar surface area (TPSA) is 42.7 Å². The van der Waals surface area contributed by atoms with Crippen LogP contribution in [0, 0.1) is 27.7 Å². The molecule has 0 bridgehead atoms. The Balaban J connectivity index is 2.43. The highest BCUT2D eigenvalue weighted by Crippen LogP contribution is 2.17. The van der Waals surface area contributed by atoms with E-state index in [0.29, 0.717) is 0 Å². The van der Waals surface area contributed by atoms with Gasteiger partial charge in [-0.2, -0.15) is 5.10 Å². The second-order valence-electron chi connectivity index (χ2n) is 4.96. The Morgan fingerprint density at radius 3 is 2.47 bits per heavy atom. The van der Waals surface area contributed by atoms with E-state index < -0.39 is 0 Å². The van der Waals surface area contributed by atoms with Gasteiger partial charge in [-0.1, -0.05) is 6.92 Å². The molecule has 2 rings (SSSR count). The number of hydrogen-bond acceptors (Lipinski definition) is 3. The molecule has 0 aliphatic carbocycles. The van der Waals surface area contributed by atoms with Gasteiger partial charge in [0, 0.05) is 17.9 Å². The van der Waals surface area contributed by atoms with Crippen LogP contribution in [0.4, 0.5) is 0 Å². The SMILES string of the molecule is CCNCc1cc(C)nc(-n2nc(C)c(C)c2C)c1. The molecule has 0 saturated heterocycles. The fourth-order valence-corrected chi connectivity index (χ4v) is 2.14. The van der Waals surface area contributed by atoms with Gasteiger partial charge in [-0.15, -0.1) is 0 Å². The first-order valence-electron chi connectivity index (χ1n) is 6.74. The molecule has 4 heteroatoms. The highest BCUT2D eigenvalue weighted by molar-refractivity contribution is 5.35. The number of aryl methyl sites for hydroxylation is 2. The van der Waals surface area contributed by atoms with Gasteiger partial charge >= 0.3 is 0 Å². The first-order chi connectivity index (χ1) is 9.02. The lowest BCUT2D eigenvalue weighted by Gasteiger charge is -2.09. The number of nitrogens with one attached hydrogen (secondary N) is 1. The summed E-state index contributed by atoms with van der Waals surface area (Å²) in [6, 6.07) is 4.22. The molecule has 4 nitrogen and oxygen atoms in total. The minimum Gasteiger partial charge on any atom is -0.313 e. The summed E-state index contributed by atoms with van der Waals surface area (Å²) < 4.78 is 1.94. The highest BCUT2D eigenvalue weighted by Gasteiger charge is 2.11. The Bertz CT molecular complexity index is 584. The molecule has 0 atom stereocenters. The summed E-state index contributed by atoms with van der Waals surface area (Å²) >= 11 is 0. The first kappa shape index (κ1) is 13.7. The molecular weight excluding hydrogens is 236 g/mol. The molecule has 2 aromatic heterocycles. The summed E-state index contributed by atoms with van der Waals surface area (Å²) in [5, 5.41) is 7.92. The molecule has 0 fully saturated rings. The maximum Gasteiger partial charge on any atom is 0.154 e. The van der Waals surface area contributed by atoms with Crippen molar-refractivity contribution in [2.24, 2.45) is 0 Å². The van der Waals surface area contributed by atoms with Gasteiger partial charge in [0.15, 0.2) is 5.82 Å². The van der Waals surface area contributed by atoms with E-state index in [4.69, 9.17) is 0 Å². The third-order valence-corrected chi connectivity index (χ3v) is 3.45. The second kappa shape index (κ2) is 5.53. The van der Waals surface area contributed by atoms with Crippen molar-refractivity contribution < 1.29 is 0 Å². The molecule has 2 aromatic rings. The molecule has 1 N–H and O–H groups in total. The van der Waals surface area contributed by atoms with Gasteiger partial charge < -0.3 is 5.32 Å². The van der Waals surface area contributed by atoms with Crippen molar-refractivity contribution >= 4 is 0 Å². The van der Waals surface area contributed by atoms with E-state index in [1.807, 2.05) is 18.5 Å². The van der Waals surface area contributed by atoms with Crippen LogP contribution in [0.15, 0.2) is 12.1 Å². The lowest BCUT2D eigenvalue weighted by atomic mass is 10.2. The van der Waals surface area contributed by atoms with Crippen LogP contribution >= 0.6 is 0 Å². The summed E-state index contributed by atoms with van der Waals surface area (Å²) in [6.07, 6.45) is 0. The second-order valence-corrected chi connectivity index (χ2v) is 4.96. The van der Waals surface area contributed by atoms with Gasteiger partial charge in [0.2, 0.25) is 0 Å². The quantitative estimate of drug-likeness (QED) is 0.916. The molecular formula is C15H22N4. The van der Waals surface area contributed by atoms with E-state index in [-0.39, 0.29) is 0 Å². The summed E-state index contributed by atoms with van der Waals surface area (Å²) in [4.78, 5) is 4.60. The molecule has 0 aliphatic rings. The Morgan fingerprint density at radius 1 is 1.16 bits per heavy atom. The zero-order valence-corrected chi connectivity index (χ0v) is 12.4. The largest absolute Gasteiger partial charge is 0.313 e. The van der Waals surface area contributed by atoms with Gasteiger partial charge in [0.1, 0.15) is 0 Å². The molecule has 0 aromatic carbocycles. The van der Waals surface area contributed by atoms with E-state index >= 15 is 0 Å². The average molecular weight is 258 g/mol. The van der Waals surface area contributed by atoms with Crippen LogP contribution in [0.5, 0.6) is 0 Å². The van der Waals surface area contributed by atoms with Crippen LogP contribution in [0.25, 0.3) is 5.82 Å². The lowest BCUT2D eigenvalue weighted by Crippen LogP contribution is -2.13. The third-order valence-electron chi connectivity index (χ3n) is 3.45. The number of hydrogen-bond donors (Lipinski definition) is 1. The van der Waals surface area contributed by atoms with E-state index in [1.165, 1.54) is 11.1 Å². The molecule has 0 unspecified atom stereocenters. The van der Waals surface area contributed by atoms with Crippen molar-refractivity contribution in [1.82, 2.24) is 20.1 Å². The molecule has 2 heterocycles.